The van der Waals surface area contributed by atoms with Crippen molar-refractivity contribution >= 4 is 11.9 Å². The maximum absolute atomic E-state index is 11.0. The summed E-state index contributed by atoms with van der Waals surface area (Å²) in [6.07, 6.45) is 0.325. The van der Waals surface area contributed by atoms with Gasteiger partial charge in [0, 0.05) is 6.92 Å². The van der Waals surface area contributed by atoms with Gasteiger partial charge in [0.2, 0.25) is 0 Å². The molecular formula is C8H13NO3. The molecule has 0 N–H and O–H groups in total. The van der Waals surface area contributed by atoms with Gasteiger partial charge < -0.3 is 9.47 Å². The summed E-state index contributed by atoms with van der Waals surface area (Å²) < 4.78 is 9.86. The largest absolute Gasteiger partial charge is 0.479 e. The number of carbonyl (C=O) groups excluding carboxylic acids is 1. The number of hydrogen-bond donors (Lipinski definition) is 0. The van der Waals surface area contributed by atoms with E-state index in [2.05, 4.69) is 4.99 Å². The minimum absolute atomic E-state index is 0.0379. The average molecular weight is 171 g/mol. The molecule has 1 rings (SSSR count). The summed E-state index contributed by atoms with van der Waals surface area (Å²) in [5.41, 5.74) is 0. The first-order chi connectivity index (χ1) is 5.72. The highest BCUT2D eigenvalue weighted by Crippen LogP contribution is 2.08. The van der Waals surface area contributed by atoms with Crippen LogP contribution >= 0.6 is 0 Å². The van der Waals surface area contributed by atoms with Crippen LogP contribution in [0.25, 0.3) is 0 Å². The third-order valence-corrected chi connectivity index (χ3v) is 1.56. The molecule has 0 aliphatic carbocycles. The molecule has 0 saturated heterocycles. The summed E-state index contributed by atoms with van der Waals surface area (Å²) in [5, 5.41) is 0. The lowest BCUT2D eigenvalue weighted by atomic mass is 10.2. The second kappa shape index (κ2) is 4.09. The quantitative estimate of drug-likeness (QED) is 0.589. The van der Waals surface area contributed by atoms with Crippen LogP contribution in [0.5, 0.6) is 0 Å². The fourth-order valence-corrected chi connectivity index (χ4v) is 1.07. The number of carbonyl (C=O) groups is 1. The highest BCUT2D eigenvalue weighted by molar-refractivity contribution is 5.76. The second-order valence-corrected chi connectivity index (χ2v) is 2.62. The van der Waals surface area contributed by atoms with Crippen LogP contribution in [0.1, 0.15) is 20.3 Å². The Labute approximate surface area is 71.6 Å². The first kappa shape index (κ1) is 9.03. The molecule has 1 heterocycles. The van der Waals surface area contributed by atoms with Crippen LogP contribution in [-0.4, -0.2) is 31.1 Å². The van der Waals surface area contributed by atoms with Gasteiger partial charge in [0.25, 0.3) is 0 Å². The Morgan fingerprint density at radius 3 is 3.08 bits per heavy atom. The highest BCUT2D eigenvalue weighted by atomic mass is 16.5. The molecule has 0 radical (unpaired) electrons. The standard InChI is InChI=1S/C8H13NO3/c1-3-11-8(10)4-7-5-12-6(2)9-7/h7H,3-5H2,1-2H3. The predicted molar refractivity (Wildman–Crippen MR) is 44.1 cm³/mol. The fourth-order valence-electron chi connectivity index (χ4n) is 1.07. The van der Waals surface area contributed by atoms with Crippen molar-refractivity contribution < 1.29 is 14.3 Å². The normalized spacial score (nSPS) is 21.5. The number of nitrogens with zero attached hydrogens (tertiary/aromatic N) is 1. The Morgan fingerprint density at radius 2 is 2.58 bits per heavy atom. The Kier molecular flexibility index (Phi) is 3.08. The van der Waals surface area contributed by atoms with Gasteiger partial charge in [-0.25, -0.2) is 4.99 Å². The molecule has 0 fully saturated rings. The van der Waals surface area contributed by atoms with Gasteiger partial charge in [0.05, 0.1) is 19.1 Å². The van der Waals surface area contributed by atoms with Crippen molar-refractivity contribution in [3.63, 3.8) is 0 Å². The average Bonchev–Trinajstić information content (AvgIpc) is 2.36. The van der Waals surface area contributed by atoms with Crippen LogP contribution < -0.4 is 0 Å². The molecule has 0 amide bonds. The van der Waals surface area contributed by atoms with Gasteiger partial charge in [-0.1, -0.05) is 0 Å². The lowest BCUT2D eigenvalue weighted by Gasteiger charge is -2.03. The molecule has 4 heteroatoms. The Morgan fingerprint density at radius 1 is 1.83 bits per heavy atom. The lowest BCUT2D eigenvalue weighted by molar-refractivity contribution is -0.143. The van der Waals surface area contributed by atoms with Crippen LogP contribution in [0.4, 0.5) is 0 Å². The third-order valence-electron chi connectivity index (χ3n) is 1.56. The van der Waals surface area contributed by atoms with E-state index < -0.39 is 0 Å². The van der Waals surface area contributed by atoms with Crippen LogP contribution in [0.15, 0.2) is 4.99 Å². The lowest BCUT2D eigenvalue weighted by Crippen LogP contribution is -2.15. The monoisotopic (exact) mass is 171 g/mol. The first-order valence-corrected chi connectivity index (χ1v) is 4.05. The molecule has 12 heavy (non-hydrogen) atoms. The van der Waals surface area contributed by atoms with E-state index in [1.54, 1.807) is 13.8 Å². The van der Waals surface area contributed by atoms with E-state index in [4.69, 9.17) is 9.47 Å². The zero-order valence-corrected chi connectivity index (χ0v) is 7.37. The SMILES string of the molecule is CCOC(=O)CC1COC(C)=N1. The molecule has 0 aromatic rings. The maximum Gasteiger partial charge on any atom is 0.308 e. The summed E-state index contributed by atoms with van der Waals surface area (Å²) in [6.45, 7) is 4.50. The molecule has 4 nitrogen and oxygen atoms in total. The van der Waals surface area contributed by atoms with Crippen LogP contribution in [0.3, 0.4) is 0 Å². The Bertz CT molecular complexity index is 200. The molecule has 0 saturated carbocycles. The van der Waals surface area contributed by atoms with Crippen LogP contribution in [0.2, 0.25) is 0 Å². The van der Waals surface area contributed by atoms with E-state index in [0.717, 1.165) is 0 Å². The van der Waals surface area contributed by atoms with E-state index in [1.807, 2.05) is 0 Å². The molecule has 0 aromatic carbocycles. The van der Waals surface area contributed by atoms with Crippen molar-refractivity contribution in [2.75, 3.05) is 13.2 Å². The molecule has 0 bridgehead atoms. The molecule has 0 aromatic heterocycles. The van der Waals surface area contributed by atoms with Gasteiger partial charge in [-0.05, 0) is 6.92 Å². The number of hydrogen-bond acceptors (Lipinski definition) is 4. The highest BCUT2D eigenvalue weighted by Gasteiger charge is 2.19. The van der Waals surface area contributed by atoms with Crippen molar-refractivity contribution in [1.29, 1.82) is 0 Å². The summed E-state index contributed by atoms with van der Waals surface area (Å²) in [5.74, 6) is 0.453. The molecular weight excluding hydrogens is 158 g/mol. The second-order valence-electron chi connectivity index (χ2n) is 2.62. The van der Waals surface area contributed by atoms with Crippen molar-refractivity contribution in [1.82, 2.24) is 0 Å². The van der Waals surface area contributed by atoms with Crippen LogP contribution in [-0.2, 0) is 14.3 Å². The van der Waals surface area contributed by atoms with E-state index in [1.165, 1.54) is 0 Å². The van der Waals surface area contributed by atoms with E-state index in [0.29, 0.717) is 25.5 Å². The molecule has 68 valence electrons. The van der Waals surface area contributed by atoms with Crippen molar-refractivity contribution in [2.24, 2.45) is 4.99 Å². The maximum atomic E-state index is 11.0. The topological polar surface area (TPSA) is 47.9 Å². The molecule has 1 unspecified atom stereocenters. The molecule has 0 spiro atoms. The zero-order chi connectivity index (χ0) is 8.97. The van der Waals surface area contributed by atoms with Gasteiger partial charge in [0.1, 0.15) is 6.61 Å². The molecule has 1 aliphatic rings. The summed E-state index contributed by atoms with van der Waals surface area (Å²) in [6, 6.07) is -0.0379. The van der Waals surface area contributed by atoms with E-state index >= 15 is 0 Å². The minimum atomic E-state index is -0.204. The zero-order valence-electron chi connectivity index (χ0n) is 7.37. The van der Waals surface area contributed by atoms with Crippen molar-refractivity contribution in [3.8, 4) is 0 Å². The number of ether oxygens (including phenoxy) is 2. The number of esters is 1. The van der Waals surface area contributed by atoms with Crippen molar-refractivity contribution in [2.45, 2.75) is 26.3 Å². The summed E-state index contributed by atoms with van der Waals surface area (Å²) >= 11 is 0. The Balaban J connectivity index is 2.28. The summed E-state index contributed by atoms with van der Waals surface area (Å²) in [7, 11) is 0. The number of rotatable bonds is 3. The van der Waals surface area contributed by atoms with Crippen molar-refractivity contribution in [3.05, 3.63) is 0 Å². The summed E-state index contributed by atoms with van der Waals surface area (Å²) in [4.78, 5) is 15.1. The molecule has 1 aliphatic heterocycles. The Hall–Kier alpha value is -1.06. The van der Waals surface area contributed by atoms with E-state index in [-0.39, 0.29) is 12.0 Å². The molecule has 1 atom stereocenters. The van der Waals surface area contributed by atoms with Gasteiger partial charge in [0.15, 0.2) is 5.90 Å². The predicted octanol–water partition coefficient (Wildman–Crippen LogP) is 0.757. The smallest absolute Gasteiger partial charge is 0.308 e. The number of aliphatic imine (C=N–C) groups is 1. The van der Waals surface area contributed by atoms with Crippen LogP contribution in [0, 0.1) is 0 Å². The fraction of sp³-hybridized carbons (Fsp3) is 0.750. The first-order valence-electron chi connectivity index (χ1n) is 4.05. The van der Waals surface area contributed by atoms with Gasteiger partial charge in [-0.15, -0.1) is 0 Å². The van der Waals surface area contributed by atoms with Gasteiger partial charge >= 0.3 is 5.97 Å². The minimum Gasteiger partial charge on any atom is -0.479 e. The van der Waals surface area contributed by atoms with E-state index in [9.17, 15) is 4.79 Å². The van der Waals surface area contributed by atoms with Gasteiger partial charge in [-0.2, -0.15) is 0 Å². The van der Waals surface area contributed by atoms with Gasteiger partial charge in [-0.3, -0.25) is 4.79 Å². The third kappa shape index (κ3) is 2.53.